The van der Waals surface area contributed by atoms with Crippen molar-refractivity contribution >= 4 is 15.9 Å². The summed E-state index contributed by atoms with van der Waals surface area (Å²) in [5, 5.41) is 10.5. The third-order valence-corrected chi connectivity index (χ3v) is 3.76. The molecular formula is C15H16BrNO. The summed E-state index contributed by atoms with van der Waals surface area (Å²) < 4.78 is 0.990. The van der Waals surface area contributed by atoms with Gasteiger partial charge in [-0.25, -0.2) is 0 Å². The van der Waals surface area contributed by atoms with Crippen LogP contribution in [0, 0.1) is 6.92 Å². The molecule has 3 heteroatoms. The Hall–Kier alpha value is -1.19. The zero-order valence-corrected chi connectivity index (χ0v) is 12.1. The summed E-state index contributed by atoms with van der Waals surface area (Å²) in [6, 6.07) is 9.88. The Morgan fingerprint density at radius 3 is 2.50 bits per heavy atom. The fraction of sp³-hybridized carbons (Fsp3) is 0.267. The smallest absolute Gasteiger partial charge is 0.0858 e. The van der Waals surface area contributed by atoms with Crippen LogP contribution < -0.4 is 0 Å². The van der Waals surface area contributed by atoms with Crippen LogP contribution in [-0.4, -0.2) is 10.1 Å². The van der Waals surface area contributed by atoms with Gasteiger partial charge in [0.05, 0.1) is 6.10 Å². The van der Waals surface area contributed by atoms with Gasteiger partial charge in [-0.15, -0.1) is 0 Å². The highest BCUT2D eigenvalue weighted by atomic mass is 79.9. The lowest BCUT2D eigenvalue weighted by atomic mass is 9.89. The van der Waals surface area contributed by atoms with Gasteiger partial charge in [-0.1, -0.05) is 28.9 Å². The number of hydrogen-bond donors (Lipinski definition) is 1. The number of aliphatic hydroxyl groups excluding tert-OH is 1. The van der Waals surface area contributed by atoms with E-state index >= 15 is 0 Å². The minimum atomic E-state index is -0.509. The molecule has 0 aliphatic carbocycles. The molecule has 2 nitrogen and oxygen atoms in total. The Morgan fingerprint density at radius 1 is 1.17 bits per heavy atom. The predicted molar refractivity (Wildman–Crippen MR) is 76.5 cm³/mol. The van der Waals surface area contributed by atoms with E-state index in [2.05, 4.69) is 20.9 Å². The number of aryl methyl sites for hydroxylation is 1. The van der Waals surface area contributed by atoms with Gasteiger partial charge in [-0.2, -0.15) is 0 Å². The van der Waals surface area contributed by atoms with Crippen molar-refractivity contribution in [1.29, 1.82) is 0 Å². The lowest BCUT2D eigenvalue weighted by Crippen LogP contribution is -2.09. The van der Waals surface area contributed by atoms with Crippen molar-refractivity contribution in [2.75, 3.05) is 0 Å². The van der Waals surface area contributed by atoms with E-state index in [0.29, 0.717) is 0 Å². The number of halogens is 1. The number of nitrogens with zero attached hydrogens (tertiary/aromatic N) is 1. The van der Waals surface area contributed by atoms with Crippen LogP contribution in [0.5, 0.6) is 0 Å². The second-order valence-electron chi connectivity index (χ2n) is 4.51. The number of pyridine rings is 1. The van der Waals surface area contributed by atoms with Gasteiger partial charge in [-0.3, -0.25) is 4.98 Å². The Balaban J connectivity index is 2.31. The fourth-order valence-electron chi connectivity index (χ4n) is 2.05. The van der Waals surface area contributed by atoms with Crippen molar-refractivity contribution in [2.45, 2.75) is 25.9 Å². The zero-order chi connectivity index (χ0) is 13.1. The van der Waals surface area contributed by atoms with Gasteiger partial charge in [0.1, 0.15) is 0 Å². The lowest BCUT2D eigenvalue weighted by Gasteiger charge is -2.21. The molecule has 1 N–H and O–H groups in total. The standard InChI is InChI=1S/C15H16BrNO/c1-10-3-4-13(16)9-14(10)15(18)11(2)12-5-7-17-8-6-12/h3-9,11,15,18H,1-2H3. The van der Waals surface area contributed by atoms with Crippen LogP contribution in [0.4, 0.5) is 0 Å². The molecule has 0 bridgehead atoms. The van der Waals surface area contributed by atoms with E-state index < -0.39 is 6.10 Å². The summed E-state index contributed by atoms with van der Waals surface area (Å²) >= 11 is 3.45. The van der Waals surface area contributed by atoms with Crippen molar-refractivity contribution in [3.63, 3.8) is 0 Å². The van der Waals surface area contributed by atoms with Crippen molar-refractivity contribution in [2.24, 2.45) is 0 Å². The minimum absolute atomic E-state index is 0.0426. The molecule has 0 fully saturated rings. The molecule has 2 atom stereocenters. The van der Waals surface area contributed by atoms with Gasteiger partial charge in [0, 0.05) is 22.8 Å². The van der Waals surface area contributed by atoms with Gasteiger partial charge in [0.15, 0.2) is 0 Å². The van der Waals surface area contributed by atoms with Crippen LogP contribution in [0.25, 0.3) is 0 Å². The van der Waals surface area contributed by atoms with Crippen LogP contribution in [0.3, 0.4) is 0 Å². The van der Waals surface area contributed by atoms with E-state index in [1.54, 1.807) is 12.4 Å². The average molecular weight is 306 g/mol. The van der Waals surface area contributed by atoms with Crippen LogP contribution >= 0.6 is 15.9 Å². The van der Waals surface area contributed by atoms with E-state index in [1.807, 2.05) is 44.2 Å². The maximum absolute atomic E-state index is 10.5. The van der Waals surface area contributed by atoms with E-state index in [9.17, 15) is 5.11 Å². The summed E-state index contributed by atoms with van der Waals surface area (Å²) in [4.78, 5) is 4.00. The molecule has 2 unspecified atom stereocenters. The van der Waals surface area contributed by atoms with Gasteiger partial charge >= 0.3 is 0 Å². The first-order valence-electron chi connectivity index (χ1n) is 5.93. The van der Waals surface area contributed by atoms with Gasteiger partial charge in [0.25, 0.3) is 0 Å². The van der Waals surface area contributed by atoms with E-state index in [1.165, 1.54) is 0 Å². The molecule has 0 amide bonds. The summed E-state index contributed by atoms with van der Waals surface area (Å²) in [5.41, 5.74) is 3.16. The van der Waals surface area contributed by atoms with E-state index in [0.717, 1.165) is 21.2 Å². The minimum Gasteiger partial charge on any atom is -0.388 e. The van der Waals surface area contributed by atoms with Crippen molar-refractivity contribution in [1.82, 2.24) is 4.98 Å². The molecule has 2 rings (SSSR count). The topological polar surface area (TPSA) is 33.1 Å². The zero-order valence-electron chi connectivity index (χ0n) is 10.5. The van der Waals surface area contributed by atoms with E-state index in [4.69, 9.17) is 0 Å². The molecule has 1 aromatic heterocycles. The third kappa shape index (κ3) is 2.79. The molecule has 1 heterocycles. The largest absolute Gasteiger partial charge is 0.388 e. The first-order chi connectivity index (χ1) is 8.59. The molecule has 0 saturated heterocycles. The van der Waals surface area contributed by atoms with E-state index in [-0.39, 0.29) is 5.92 Å². The second kappa shape index (κ2) is 5.63. The third-order valence-electron chi connectivity index (χ3n) is 3.27. The molecule has 0 aliphatic rings. The predicted octanol–water partition coefficient (Wildman–Crippen LogP) is 3.99. The SMILES string of the molecule is Cc1ccc(Br)cc1C(O)C(C)c1ccncc1. The fourth-order valence-corrected chi connectivity index (χ4v) is 2.43. The Bertz CT molecular complexity index is 527. The Kier molecular flexibility index (Phi) is 4.15. The van der Waals surface area contributed by atoms with Gasteiger partial charge < -0.3 is 5.11 Å². The number of benzene rings is 1. The maximum Gasteiger partial charge on any atom is 0.0858 e. The Morgan fingerprint density at radius 2 is 1.83 bits per heavy atom. The second-order valence-corrected chi connectivity index (χ2v) is 5.43. The maximum atomic E-state index is 10.5. The highest BCUT2D eigenvalue weighted by Crippen LogP contribution is 2.33. The highest BCUT2D eigenvalue weighted by molar-refractivity contribution is 9.10. The first-order valence-corrected chi connectivity index (χ1v) is 6.73. The molecule has 0 aliphatic heterocycles. The summed E-state index contributed by atoms with van der Waals surface area (Å²) in [6.07, 6.45) is 3.00. The molecule has 2 aromatic rings. The molecular weight excluding hydrogens is 290 g/mol. The lowest BCUT2D eigenvalue weighted by molar-refractivity contribution is 0.151. The highest BCUT2D eigenvalue weighted by Gasteiger charge is 2.19. The molecule has 18 heavy (non-hydrogen) atoms. The van der Waals surface area contributed by atoms with Gasteiger partial charge in [-0.05, 0) is 47.9 Å². The van der Waals surface area contributed by atoms with Crippen molar-refractivity contribution in [3.05, 3.63) is 63.9 Å². The molecule has 0 spiro atoms. The number of aromatic nitrogens is 1. The quantitative estimate of drug-likeness (QED) is 0.930. The van der Waals surface area contributed by atoms with Crippen LogP contribution in [-0.2, 0) is 0 Å². The molecule has 0 saturated carbocycles. The average Bonchev–Trinajstić information content (AvgIpc) is 2.41. The summed E-state index contributed by atoms with van der Waals surface area (Å²) in [7, 11) is 0. The monoisotopic (exact) mass is 305 g/mol. The molecule has 94 valence electrons. The normalized spacial score (nSPS) is 14.2. The number of aliphatic hydroxyl groups is 1. The van der Waals surface area contributed by atoms with Crippen LogP contribution in [0.15, 0.2) is 47.2 Å². The van der Waals surface area contributed by atoms with Gasteiger partial charge in [0.2, 0.25) is 0 Å². The Labute approximate surface area is 116 Å². The number of rotatable bonds is 3. The molecule has 1 aromatic carbocycles. The summed E-state index contributed by atoms with van der Waals surface area (Å²) in [5.74, 6) is 0.0426. The summed E-state index contributed by atoms with van der Waals surface area (Å²) in [6.45, 7) is 4.05. The van der Waals surface area contributed by atoms with Crippen LogP contribution in [0.2, 0.25) is 0 Å². The first kappa shape index (κ1) is 13.2. The van der Waals surface area contributed by atoms with Crippen molar-refractivity contribution in [3.8, 4) is 0 Å². The molecule has 0 radical (unpaired) electrons. The number of hydrogen-bond acceptors (Lipinski definition) is 2. The van der Waals surface area contributed by atoms with Crippen molar-refractivity contribution < 1.29 is 5.11 Å². The van der Waals surface area contributed by atoms with Crippen LogP contribution in [0.1, 0.15) is 35.6 Å².